The first kappa shape index (κ1) is 16.8. The van der Waals surface area contributed by atoms with Crippen molar-refractivity contribution >= 4 is 15.9 Å². The van der Waals surface area contributed by atoms with Crippen molar-refractivity contribution in [1.29, 1.82) is 0 Å². The third-order valence-corrected chi connectivity index (χ3v) is 5.12. The van der Waals surface area contributed by atoms with Gasteiger partial charge < -0.3 is 10.1 Å². The van der Waals surface area contributed by atoms with E-state index in [0.29, 0.717) is 25.3 Å². The number of rotatable bonds is 5. The Morgan fingerprint density at radius 3 is 2.77 bits per heavy atom. The molecule has 0 spiro atoms. The minimum Gasteiger partial charge on any atom is -0.496 e. The minimum absolute atomic E-state index is 0.254. The molecule has 0 aromatic heterocycles. The Kier molecular flexibility index (Phi) is 5.42. The fraction of sp³-hybridized carbons (Fsp3) is 0.533. The average Bonchev–Trinajstić information content (AvgIpc) is 2.52. The van der Waals surface area contributed by atoms with Crippen LogP contribution in [0.15, 0.2) is 24.3 Å². The second-order valence-corrected chi connectivity index (χ2v) is 7.35. The van der Waals surface area contributed by atoms with Crippen molar-refractivity contribution < 1.29 is 17.9 Å². The normalized spacial score (nSPS) is 19.6. The zero-order valence-corrected chi connectivity index (χ0v) is 13.7. The SMILES string of the molecule is COc1ccccc1CNC(=O)C1CCCCN1S(C)(=O)=O. The molecule has 1 atom stereocenters. The lowest BCUT2D eigenvalue weighted by molar-refractivity contribution is -0.125. The Bertz CT molecular complexity index is 630. The third-order valence-electron chi connectivity index (χ3n) is 3.83. The molecule has 1 fully saturated rings. The Balaban J connectivity index is 2.04. The first-order valence-corrected chi connectivity index (χ1v) is 9.14. The molecule has 1 unspecified atom stereocenters. The second-order valence-electron chi connectivity index (χ2n) is 5.41. The van der Waals surface area contributed by atoms with Crippen molar-refractivity contribution in [3.63, 3.8) is 0 Å². The number of benzene rings is 1. The van der Waals surface area contributed by atoms with E-state index in [1.807, 2.05) is 24.3 Å². The van der Waals surface area contributed by atoms with Crippen molar-refractivity contribution in [3.8, 4) is 5.75 Å². The zero-order valence-electron chi connectivity index (χ0n) is 12.9. The molecule has 2 rings (SSSR count). The molecule has 22 heavy (non-hydrogen) atoms. The first-order chi connectivity index (χ1) is 10.4. The van der Waals surface area contributed by atoms with Gasteiger partial charge in [-0.05, 0) is 18.9 Å². The predicted molar refractivity (Wildman–Crippen MR) is 84.0 cm³/mol. The Labute approximate surface area is 131 Å². The fourth-order valence-corrected chi connectivity index (χ4v) is 3.84. The van der Waals surface area contributed by atoms with E-state index in [9.17, 15) is 13.2 Å². The molecule has 0 radical (unpaired) electrons. The van der Waals surface area contributed by atoms with E-state index in [-0.39, 0.29) is 5.91 Å². The van der Waals surface area contributed by atoms with Crippen molar-refractivity contribution in [2.45, 2.75) is 31.8 Å². The smallest absolute Gasteiger partial charge is 0.238 e. The van der Waals surface area contributed by atoms with Gasteiger partial charge in [-0.2, -0.15) is 4.31 Å². The number of ether oxygens (including phenoxy) is 1. The molecule has 122 valence electrons. The lowest BCUT2D eigenvalue weighted by Crippen LogP contribution is -2.51. The Hall–Kier alpha value is -1.60. The number of nitrogens with one attached hydrogen (secondary N) is 1. The molecule has 1 aliphatic heterocycles. The number of methoxy groups -OCH3 is 1. The number of carbonyl (C=O) groups excluding carboxylic acids is 1. The molecule has 1 saturated heterocycles. The van der Waals surface area contributed by atoms with E-state index in [4.69, 9.17) is 4.74 Å². The van der Waals surface area contributed by atoms with Gasteiger partial charge in [-0.1, -0.05) is 24.6 Å². The van der Waals surface area contributed by atoms with Crippen LogP contribution in [0, 0.1) is 0 Å². The summed E-state index contributed by atoms with van der Waals surface area (Å²) < 4.78 is 30.1. The minimum atomic E-state index is -3.37. The molecule has 1 amide bonds. The second kappa shape index (κ2) is 7.11. The first-order valence-electron chi connectivity index (χ1n) is 7.30. The molecule has 1 aromatic rings. The number of piperidine rings is 1. The Morgan fingerprint density at radius 2 is 2.09 bits per heavy atom. The lowest BCUT2D eigenvalue weighted by Gasteiger charge is -2.32. The zero-order chi connectivity index (χ0) is 16.2. The van der Waals surface area contributed by atoms with Crippen LogP contribution in [-0.2, 0) is 21.4 Å². The van der Waals surface area contributed by atoms with Gasteiger partial charge in [0.15, 0.2) is 0 Å². The maximum Gasteiger partial charge on any atom is 0.238 e. The highest BCUT2D eigenvalue weighted by Crippen LogP contribution is 2.21. The van der Waals surface area contributed by atoms with Crippen LogP contribution >= 0.6 is 0 Å². The quantitative estimate of drug-likeness (QED) is 0.880. The highest BCUT2D eigenvalue weighted by Gasteiger charge is 2.34. The lowest BCUT2D eigenvalue weighted by atomic mass is 10.0. The molecule has 1 aliphatic rings. The van der Waals surface area contributed by atoms with E-state index in [1.165, 1.54) is 4.31 Å². The maximum absolute atomic E-state index is 12.4. The van der Waals surface area contributed by atoms with Crippen LogP contribution in [-0.4, -0.2) is 44.6 Å². The molecule has 0 aliphatic carbocycles. The van der Waals surface area contributed by atoms with Crippen LogP contribution in [0.2, 0.25) is 0 Å². The number of nitrogens with zero attached hydrogens (tertiary/aromatic N) is 1. The van der Waals surface area contributed by atoms with Crippen LogP contribution < -0.4 is 10.1 Å². The summed E-state index contributed by atoms with van der Waals surface area (Å²) in [5.41, 5.74) is 0.861. The van der Waals surface area contributed by atoms with Crippen LogP contribution in [0.3, 0.4) is 0 Å². The average molecular weight is 326 g/mol. The number of hydrogen-bond acceptors (Lipinski definition) is 4. The number of hydrogen-bond donors (Lipinski definition) is 1. The van der Waals surface area contributed by atoms with Gasteiger partial charge in [-0.3, -0.25) is 4.79 Å². The van der Waals surface area contributed by atoms with E-state index >= 15 is 0 Å². The molecule has 1 N–H and O–H groups in total. The topological polar surface area (TPSA) is 75.7 Å². The third kappa shape index (κ3) is 3.98. The number of sulfonamides is 1. The predicted octanol–water partition coefficient (Wildman–Crippen LogP) is 1.13. The Morgan fingerprint density at radius 1 is 1.36 bits per heavy atom. The molecule has 7 heteroatoms. The molecular weight excluding hydrogens is 304 g/mol. The largest absolute Gasteiger partial charge is 0.496 e. The number of amides is 1. The molecule has 0 saturated carbocycles. The van der Waals surface area contributed by atoms with Gasteiger partial charge in [0.25, 0.3) is 0 Å². The van der Waals surface area contributed by atoms with Gasteiger partial charge in [0, 0.05) is 18.7 Å². The van der Waals surface area contributed by atoms with Crippen molar-refractivity contribution in [1.82, 2.24) is 9.62 Å². The summed E-state index contributed by atoms with van der Waals surface area (Å²) in [6.07, 6.45) is 3.37. The summed E-state index contributed by atoms with van der Waals surface area (Å²) in [5, 5.41) is 2.82. The molecular formula is C15H22N2O4S. The standard InChI is InChI=1S/C15H22N2O4S/c1-21-14-9-4-3-7-12(14)11-16-15(18)13-8-5-6-10-17(13)22(2,19)20/h3-4,7,9,13H,5-6,8,10-11H2,1-2H3,(H,16,18). The summed E-state index contributed by atoms with van der Waals surface area (Å²) in [5.74, 6) is 0.447. The molecule has 6 nitrogen and oxygen atoms in total. The van der Waals surface area contributed by atoms with Gasteiger partial charge in [-0.25, -0.2) is 8.42 Å². The van der Waals surface area contributed by atoms with Crippen molar-refractivity contribution in [2.24, 2.45) is 0 Å². The number of para-hydroxylation sites is 1. The summed E-state index contributed by atoms with van der Waals surface area (Å²) in [6, 6.07) is 6.81. The summed E-state index contributed by atoms with van der Waals surface area (Å²) in [4.78, 5) is 12.4. The van der Waals surface area contributed by atoms with E-state index in [2.05, 4.69) is 5.32 Å². The van der Waals surface area contributed by atoms with Crippen LogP contribution in [0.4, 0.5) is 0 Å². The van der Waals surface area contributed by atoms with Gasteiger partial charge in [-0.15, -0.1) is 0 Å². The van der Waals surface area contributed by atoms with Gasteiger partial charge in [0.2, 0.25) is 15.9 Å². The molecule has 1 heterocycles. The van der Waals surface area contributed by atoms with Crippen LogP contribution in [0.5, 0.6) is 5.75 Å². The van der Waals surface area contributed by atoms with Crippen LogP contribution in [0.25, 0.3) is 0 Å². The van der Waals surface area contributed by atoms with Crippen molar-refractivity contribution in [2.75, 3.05) is 19.9 Å². The van der Waals surface area contributed by atoms with Gasteiger partial charge in [0.05, 0.1) is 13.4 Å². The summed E-state index contributed by atoms with van der Waals surface area (Å²) >= 11 is 0. The molecule has 0 bridgehead atoms. The van der Waals surface area contributed by atoms with Crippen LogP contribution in [0.1, 0.15) is 24.8 Å². The van der Waals surface area contributed by atoms with E-state index < -0.39 is 16.1 Å². The maximum atomic E-state index is 12.4. The van der Waals surface area contributed by atoms with Gasteiger partial charge in [0.1, 0.15) is 11.8 Å². The summed E-state index contributed by atoms with van der Waals surface area (Å²) in [7, 11) is -1.79. The number of carbonyl (C=O) groups is 1. The van der Waals surface area contributed by atoms with E-state index in [0.717, 1.165) is 24.7 Å². The molecule has 1 aromatic carbocycles. The highest BCUT2D eigenvalue weighted by atomic mass is 32.2. The fourth-order valence-electron chi connectivity index (χ4n) is 2.71. The monoisotopic (exact) mass is 326 g/mol. The summed E-state index contributed by atoms with van der Waals surface area (Å²) in [6.45, 7) is 0.725. The van der Waals surface area contributed by atoms with E-state index in [1.54, 1.807) is 7.11 Å². The van der Waals surface area contributed by atoms with Crippen molar-refractivity contribution in [3.05, 3.63) is 29.8 Å². The van der Waals surface area contributed by atoms with Gasteiger partial charge >= 0.3 is 0 Å². The highest BCUT2D eigenvalue weighted by molar-refractivity contribution is 7.88.